The summed E-state index contributed by atoms with van der Waals surface area (Å²) in [4.78, 5) is 4.56. The van der Waals surface area contributed by atoms with Crippen molar-refractivity contribution in [3.05, 3.63) is 0 Å². The van der Waals surface area contributed by atoms with E-state index in [1.165, 1.54) is 19.4 Å². The third-order valence-corrected chi connectivity index (χ3v) is 1.93. The third kappa shape index (κ3) is 6.89. The van der Waals surface area contributed by atoms with Crippen LogP contribution in [-0.2, 0) is 0 Å². The molecule has 0 bridgehead atoms. The van der Waals surface area contributed by atoms with Crippen LogP contribution in [0.25, 0.3) is 0 Å². The van der Waals surface area contributed by atoms with Crippen LogP contribution in [0, 0.1) is 0 Å². The molecule has 1 unspecified atom stereocenters. The number of halogens is 1. The lowest BCUT2D eigenvalue weighted by molar-refractivity contribution is 0.217. The molecule has 2 nitrogen and oxygen atoms in total. The highest BCUT2D eigenvalue weighted by Crippen LogP contribution is 2.03. The lowest BCUT2D eigenvalue weighted by Crippen LogP contribution is -2.37. The van der Waals surface area contributed by atoms with Crippen molar-refractivity contribution in [3.63, 3.8) is 0 Å². The summed E-state index contributed by atoms with van der Waals surface area (Å²) in [5.41, 5.74) is 0. The highest BCUT2D eigenvalue weighted by Gasteiger charge is 2.10. The van der Waals surface area contributed by atoms with Crippen molar-refractivity contribution in [1.82, 2.24) is 9.80 Å². The number of rotatable bonds is 5. The van der Waals surface area contributed by atoms with E-state index in [1.54, 1.807) is 0 Å². The first-order chi connectivity index (χ1) is 5.07. The predicted octanol–water partition coefficient (Wildman–Crippen LogP) is 1.70. The Hall–Kier alpha value is 0.210. The van der Waals surface area contributed by atoms with Gasteiger partial charge >= 0.3 is 0 Å². The van der Waals surface area contributed by atoms with E-state index in [0.29, 0.717) is 0 Å². The Bertz CT molecular complexity index is 94.5. The molecule has 0 radical (unpaired) electrons. The molecular weight excluding hydrogens is 172 g/mol. The fraction of sp³-hybridized carbons (Fsp3) is 1.00. The Morgan fingerprint density at radius 1 is 1.08 bits per heavy atom. The van der Waals surface area contributed by atoms with Crippen molar-refractivity contribution in [2.45, 2.75) is 25.8 Å². The van der Waals surface area contributed by atoms with Gasteiger partial charge in [-0.2, -0.15) is 0 Å². The van der Waals surface area contributed by atoms with Crippen molar-refractivity contribution in [2.24, 2.45) is 0 Å². The molecule has 0 heterocycles. The maximum absolute atomic E-state index is 2.31. The van der Waals surface area contributed by atoms with E-state index in [9.17, 15) is 0 Å². The number of hydrogen-bond acceptors (Lipinski definition) is 2. The van der Waals surface area contributed by atoms with Crippen molar-refractivity contribution in [2.75, 3.05) is 34.7 Å². The number of hydrogen-bond donors (Lipinski definition) is 0. The lowest BCUT2D eigenvalue weighted by atomic mass is 10.1. The van der Waals surface area contributed by atoms with Crippen molar-refractivity contribution >= 4 is 12.4 Å². The molecule has 0 N–H and O–H groups in total. The molecule has 0 amide bonds. The molecule has 12 heavy (non-hydrogen) atoms. The van der Waals surface area contributed by atoms with E-state index in [0.717, 1.165) is 6.04 Å². The molecule has 0 aromatic carbocycles. The third-order valence-electron chi connectivity index (χ3n) is 1.93. The Labute approximate surface area is 83.3 Å². The lowest BCUT2D eigenvalue weighted by Gasteiger charge is -2.26. The molecule has 76 valence electrons. The van der Waals surface area contributed by atoms with Crippen LogP contribution >= 0.6 is 12.4 Å². The first-order valence-corrected chi connectivity index (χ1v) is 4.39. The van der Waals surface area contributed by atoms with Crippen LogP contribution in [0.15, 0.2) is 0 Å². The zero-order chi connectivity index (χ0) is 8.85. The van der Waals surface area contributed by atoms with Gasteiger partial charge in [0.2, 0.25) is 0 Å². The Balaban J connectivity index is 0. The molecule has 0 saturated carbocycles. The molecule has 0 aromatic heterocycles. The Morgan fingerprint density at radius 2 is 1.58 bits per heavy atom. The van der Waals surface area contributed by atoms with E-state index >= 15 is 0 Å². The number of nitrogens with zero attached hydrogens (tertiary/aromatic N) is 2. The summed E-state index contributed by atoms with van der Waals surface area (Å²) in [7, 11) is 8.58. The topological polar surface area (TPSA) is 6.48 Å². The summed E-state index contributed by atoms with van der Waals surface area (Å²) in [6.07, 6.45) is 2.57. The second-order valence-corrected chi connectivity index (χ2v) is 3.67. The molecule has 0 spiro atoms. The van der Waals surface area contributed by atoms with Gasteiger partial charge in [0.15, 0.2) is 0 Å². The highest BCUT2D eigenvalue weighted by atomic mass is 35.5. The summed E-state index contributed by atoms with van der Waals surface area (Å²) in [5.74, 6) is 0. The van der Waals surface area contributed by atoms with Gasteiger partial charge in [-0.3, -0.25) is 0 Å². The van der Waals surface area contributed by atoms with Crippen LogP contribution in [0.4, 0.5) is 0 Å². The summed E-state index contributed by atoms with van der Waals surface area (Å²) in [6.45, 7) is 3.41. The molecule has 0 fully saturated rings. The van der Waals surface area contributed by atoms with Gasteiger partial charge in [-0.15, -0.1) is 12.4 Å². The monoisotopic (exact) mass is 194 g/mol. The molecule has 0 aliphatic carbocycles. The zero-order valence-corrected chi connectivity index (χ0v) is 9.82. The molecule has 0 aromatic rings. The van der Waals surface area contributed by atoms with E-state index in [-0.39, 0.29) is 12.4 Å². The minimum absolute atomic E-state index is 0. The zero-order valence-electron chi connectivity index (χ0n) is 9.00. The maximum atomic E-state index is 2.31. The first kappa shape index (κ1) is 14.7. The maximum Gasteiger partial charge on any atom is 0.0216 e. The standard InChI is InChI=1S/C9H22N2.ClH/c1-6-7-9(11(4)5)8-10(2)3;/h9H,6-8H2,1-5H3;1H. The molecule has 1 atom stereocenters. The van der Waals surface area contributed by atoms with Gasteiger partial charge in [-0.05, 0) is 34.6 Å². The van der Waals surface area contributed by atoms with E-state index in [2.05, 4.69) is 44.9 Å². The Kier molecular flexibility index (Phi) is 9.61. The quantitative estimate of drug-likeness (QED) is 0.658. The largest absolute Gasteiger partial charge is 0.308 e. The van der Waals surface area contributed by atoms with Crippen LogP contribution in [0.5, 0.6) is 0 Å². The second kappa shape index (κ2) is 7.84. The van der Waals surface area contributed by atoms with Gasteiger partial charge in [0, 0.05) is 12.6 Å². The van der Waals surface area contributed by atoms with E-state index < -0.39 is 0 Å². The van der Waals surface area contributed by atoms with Gasteiger partial charge in [0.1, 0.15) is 0 Å². The fourth-order valence-electron chi connectivity index (χ4n) is 1.27. The summed E-state index contributed by atoms with van der Waals surface area (Å²) in [6, 6.07) is 0.718. The highest BCUT2D eigenvalue weighted by molar-refractivity contribution is 5.85. The fourth-order valence-corrected chi connectivity index (χ4v) is 1.27. The molecular formula is C9H23ClN2. The molecule has 0 rings (SSSR count). The number of likely N-dealkylation sites (N-methyl/N-ethyl adjacent to an activating group) is 2. The van der Waals surface area contributed by atoms with Gasteiger partial charge in [0.25, 0.3) is 0 Å². The van der Waals surface area contributed by atoms with Crippen molar-refractivity contribution < 1.29 is 0 Å². The second-order valence-electron chi connectivity index (χ2n) is 3.67. The van der Waals surface area contributed by atoms with Crippen LogP contribution in [0.2, 0.25) is 0 Å². The van der Waals surface area contributed by atoms with E-state index in [4.69, 9.17) is 0 Å². The molecule has 0 aliphatic heterocycles. The summed E-state index contributed by atoms with van der Waals surface area (Å²) >= 11 is 0. The van der Waals surface area contributed by atoms with E-state index in [1.807, 2.05) is 0 Å². The normalized spacial score (nSPS) is 13.2. The minimum atomic E-state index is 0. The van der Waals surface area contributed by atoms with Gasteiger partial charge < -0.3 is 9.80 Å². The predicted molar refractivity (Wildman–Crippen MR) is 58.2 cm³/mol. The van der Waals surface area contributed by atoms with Gasteiger partial charge in [-0.25, -0.2) is 0 Å². The Morgan fingerprint density at radius 3 is 1.83 bits per heavy atom. The van der Waals surface area contributed by atoms with Crippen LogP contribution in [0.3, 0.4) is 0 Å². The van der Waals surface area contributed by atoms with Gasteiger partial charge in [-0.1, -0.05) is 13.3 Å². The van der Waals surface area contributed by atoms with Crippen LogP contribution < -0.4 is 0 Å². The average molecular weight is 195 g/mol. The summed E-state index contributed by atoms with van der Waals surface area (Å²) in [5, 5.41) is 0. The molecule has 0 aliphatic rings. The molecule has 0 saturated heterocycles. The smallest absolute Gasteiger partial charge is 0.0216 e. The van der Waals surface area contributed by atoms with Crippen molar-refractivity contribution in [1.29, 1.82) is 0 Å². The van der Waals surface area contributed by atoms with Crippen LogP contribution in [0.1, 0.15) is 19.8 Å². The minimum Gasteiger partial charge on any atom is -0.308 e. The summed E-state index contributed by atoms with van der Waals surface area (Å²) < 4.78 is 0. The SMILES string of the molecule is CCCC(CN(C)C)N(C)C.Cl. The first-order valence-electron chi connectivity index (χ1n) is 4.39. The molecule has 3 heteroatoms. The van der Waals surface area contributed by atoms with Gasteiger partial charge in [0.05, 0.1) is 0 Å². The van der Waals surface area contributed by atoms with Crippen molar-refractivity contribution in [3.8, 4) is 0 Å². The van der Waals surface area contributed by atoms with Crippen LogP contribution in [-0.4, -0.2) is 50.6 Å². The average Bonchev–Trinajstić information content (AvgIpc) is 1.86.